The Hall–Kier alpha value is -2.74. The molecule has 1 aliphatic rings. The van der Waals surface area contributed by atoms with Gasteiger partial charge in [-0.05, 0) is 32.9 Å². The van der Waals surface area contributed by atoms with Crippen LogP contribution in [0.3, 0.4) is 0 Å². The molecule has 29 heavy (non-hydrogen) atoms. The molecule has 0 bridgehead atoms. The van der Waals surface area contributed by atoms with Crippen LogP contribution in [0, 0.1) is 0 Å². The van der Waals surface area contributed by atoms with Gasteiger partial charge in [0.15, 0.2) is 6.54 Å². The lowest BCUT2D eigenvalue weighted by molar-refractivity contribution is -0.889. The Morgan fingerprint density at radius 1 is 1.17 bits per heavy atom. The van der Waals surface area contributed by atoms with Crippen LogP contribution in [0.2, 0.25) is 0 Å². The van der Waals surface area contributed by atoms with Gasteiger partial charge in [0.1, 0.15) is 6.54 Å². The average molecular weight is 401 g/mol. The van der Waals surface area contributed by atoms with Gasteiger partial charge in [0, 0.05) is 18.5 Å². The highest BCUT2D eigenvalue weighted by Crippen LogP contribution is 2.05. The molecule has 1 atom stereocenters. The smallest absolute Gasteiger partial charge is 0.275 e. The van der Waals surface area contributed by atoms with E-state index in [-0.39, 0.29) is 29.5 Å². The van der Waals surface area contributed by atoms with Crippen molar-refractivity contribution in [3.05, 3.63) is 40.9 Å². The molecule has 2 heterocycles. The van der Waals surface area contributed by atoms with Crippen molar-refractivity contribution in [2.45, 2.75) is 39.3 Å². The second-order valence-electron chi connectivity index (χ2n) is 8.65. The third-order valence-electron chi connectivity index (χ3n) is 5.01. The van der Waals surface area contributed by atoms with Crippen molar-refractivity contribution in [2.24, 2.45) is 0 Å². The number of aromatic nitrogens is 2. The molecule has 156 valence electrons. The van der Waals surface area contributed by atoms with Crippen LogP contribution in [-0.4, -0.2) is 64.5 Å². The molecule has 2 aromatic rings. The summed E-state index contributed by atoms with van der Waals surface area (Å²) in [6, 6.07) is 7.13. The minimum atomic E-state index is -0.245. The molecular formula is C21H30N5O3+. The fourth-order valence-electron chi connectivity index (χ4n) is 3.63. The van der Waals surface area contributed by atoms with E-state index in [1.807, 2.05) is 26.8 Å². The fraction of sp³-hybridized carbons (Fsp3) is 0.524. The lowest BCUT2D eigenvalue weighted by Crippen LogP contribution is -3.13. The first kappa shape index (κ1) is 21.0. The number of carbonyl (C=O) groups excluding carboxylic acids is 2. The second kappa shape index (κ2) is 8.73. The molecule has 1 fully saturated rings. The maximum absolute atomic E-state index is 12.8. The molecule has 1 unspecified atom stereocenters. The summed E-state index contributed by atoms with van der Waals surface area (Å²) in [7, 11) is 0. The van der Waals surface area contributed by atoms with Crippen LogP contribution < -0.4 is 15.8 Å². The molecule has 1 aromatic carbocycles. The van der Waals surface area contributed by atoms with Gasteiger partial charge in [0.25, 0.3) is 11.5 Å². The van der Waals surface area contributed by atoms with Crippen LogP contribution >= 0.6 is 0 Å². The number of rotatable bonds is 4. The molecule has 0 aliphatic carbocycles. The Balaban J connectivity index is 1.59. The number of benzene rings is 1. The van der Waals surface area contributed by atoms with Crippen molar-refractivity contribution in [1.29, 1.82) is 0 Å². The van der Waals surface area contributed by atoms with Crippen molar-refractivity contribution < 1.29 is 14.5 Å². The molecule has 8 heteroatoms. The van der Waals surface area contributed by atoms with Crippen molar-refractivity contribution in [1.82, 2.24) is 19.8 Å². The highest BCUT2D eigenvalue weighted by molar-refractivity contribution is 5.79. The predicted molar refractivity (Wildman–Crippen MR) is 111 cm³/mol. The van der Waals surface area contributed by atoms with Gasteiger partial charge in [0.2, 0.25) is 5.91 Å². The highest BCUT2D eigenvalue weighted by atomic mass is 16.2. The molecule has 1 aromatic heterocycles. The van der Waals surface area contributed by atoms with Gasteiger partial charge >= 0.3 is 0 Å². The number of fused-ring (bicyclic) bond motifs is 1. The molecule has 3 rings (SSSR count). The van der Waals surface area contributed by atoms with Crippen molar-refractivity contribution >= 4 is 22.7 Å². The van der Waals surface area contributed by atoms with Crippen molar-refractivity contribution in [3.63, 3.8) is 0 Å². The summed E-state index contributed by atoms with van der Waals surface area (Å²) in [5, 5.41) is 3.50. The number of quaternary nitrogens is 1. The highest BCUT2D eigenvalue weighted by Gasteiger charge is 2.24. The zero-order valence-corrected chi connectivity index (χ0v) is 17.4. The summed E-state index contributed by atoms with van der Waals surface area (Å²) in [6.07, 6.45) is 2.27. The van der Waals surface area contributed by atoms with E-state index in [2.05, 4.69) is 10.3 Å². The maximum atomic E-state index is 12.8. The van der Waals surface area contributed by atoms with Crippen LogP contribution in [0.5, 0.6) is 0 Å². The minimum absolute atomic E-state index is 0.0174. The molecule has 2 amide bonds. The molecule has 1 aliphatic heterocycles. The van der Waals surface area contributed by atoms with Crippen LogP contribution in [0.1, 0.15) is 27.2 Å². The maximum Gasteiger partial charge on any atom is 0.275 e. The molecule has 0 radical (unpaired) electrons. The zero-order chi connectivity index (χ0) is 21.0. The quantitative estimate of drug-likeness (QED) is 0.719. The number of nitrogens with one attached hydrogen (secondary N) is 2. The number of nitrogens with zero attached hydrogens (tertiary/aromatic N) is 3. The van der Waals surface area contributed by atoms with Crippen LogP contribution in [0.25, 0.3) is 10.9 Å². The number of hydrogen-bond acceptors (Lipinski definition) is 4. The van der Waals surface area contributed by atoms with E-state index >= 15 is 0 Å². The molecule has 1 saturated heterocycles. The lowest BCUT2D eigenvalue weighted by atomic mass is 10.1. The fourth-order valence-corrected chi connectivity index (χ4v) is 3.63. The summed E-state index contributed by atoms with van der Waals surface area (Å²) >= 11 is 0. The Kier molecular flexibility index (Phi) is 6.32. The number of hydrogen-bond donors (Lipinski definition) is 2. The average Bonchev–Trinajstić information content (AvgIpc) is 2.88. The first-order valence-electron chi connectivity index (χ1n) is 10.1. The molecule has 0 spiro atoms. The van der Waals surface area contributed by atoms with E-state index in [0.717, 1.165) is 13.0 Å². The van der Waals surface area contributed by atoms with Crippen LogP contribution in [-0.2, 0) is 16.1 Å². The Labute approximate surface area is 170 Å². The standard InChI is InChI=1S/C21H29N5O3/c1-21(2,3)23-18(27)13-24-9-6-10-25(12-11-24)19(28)14-26-15-22-17-8-5-4-7-16(17)20(26)29/h4-5,7-8,15H,6,9-14H2,1-3H3,(H,23,27)/p+1. The van der Waals surface area contributed by atoms with Crippen molar-refractivity contribution in [3.8, 4) is 0 Å². The number of amides is 2. The Morgan fingerprint density at radius 3 is 2.69 bits per heavy atom. The predicted octanol–water partition coefficient (Wildman–Crippen LogP) is -0.572. The van der Waals surface area contributed by atoms with E-state index in [1.54, 1.807) is 23.1 Å². The van der Waals surface area contributed by atoms with Crippen LogP contribution in [0.4, 0.5) is 0 Å². The van der Waals surface area contributed by atoms with Gasteiger partial charge in [0.05, 0.1) is 36.9 Å². The molecule has 0 saturated carbocycles. The first-order chi connectivity index (χ1) is 13.7. The van der Waals surface area contributed by atoms with Gasteiger partial charge in [-0.2, -0.15) is 0 Å². The molecule has 2 N–H and O–H groups in total. The summed E-state index contributed by atoms with van der Waals surface area (Å²) in [6.45, 7) is 9.06. The van der Waals surface area contributed by atoms with E-state index < -0.39 is 0 Å². The second-order valence-corrected chi connectivity index (χ2v) is 8.65. The monoisotopic (exact) mass is 400 g/mol. The van der Waals surface area contributed by atoms with E-state index in [0.29, 0.717) is 37.1 Å². The van der Waals surface area contributed by atoms with E-state index in [1.165, 1.54) is 15.8 Å². The first-order valence-corrected chi connectivity index (χ1v) is 10.1. The SMILES string of the molecule is CC(C)(C)NC(=O)C[NH+]1CCCN(C(=O)Cn2cnc3ccccc3c2=O)CC1. The normalized spacial score (nSPS) is 17.8. The van der Waals surface area contributed by atoms with Gasteiger partial charge in [-0.25, -0.2) is 4.98 Å². The third-order valence-corrected chi connectivity index (χ3v) is 5.01. The van der Waals surface area contributed by atoms with Crippen LogP contribution in [0.15, 0.2) is 35.4 Å². The van der Waals surface area contributed by atoms with E-state index in [9.17, 15) is 14.4 Å². The minimum Gasteiger partial charge on any atom is -0.347 e. The molecule has 8 nitrogen and oxygen atoms in total. The Morgan fingerprint density at radius 2 is 1.93 bits per heavy atom. The Bertz CT molecular complexity index is 947. The summed E-state index contributed by atoms with van der Waals surface area (Å²) < 4.78 is 1.37. The summed E-state index contributed by atoms with van der Waals surface area (Å²) in [5.74, 6) is -0.0642. The van der Waals surface area contributed by atoms with Crippen molar-refractivity contribution in [2.75, 3.05) is 32.7 Å². The molecular weight excluding hydrogens is 370 g/mol. The number of carbonyl (C=O) groups is 2. The zero-order valence-electron chi connectivity index (χ0n) is 17.4. The topological polar surface area (TPSA) is 88.7 Å². The third kappa shape index (κ3) is 5.63. The lowest BCUT2D eigenvalue weighted by Gasteiger charge is -2.23. The van der Waals surface area contributed by atoms with Gasteiger partial charge < -0.3 is 15.1 Å². The largest absolute Gasteiger partial charge is 0.347 e. The van der Waals surface area contributed by atoms with Gasteiger partial charge in [-0.15, -0.1) is 0 Å². The van der Waals surface area contributed by atoms with Gasteiger partial charge in [-0.3, -0.25) is 19.0 Å². The van der Waals surface area contributed by atoms with E-state index in [4.69, 9.17) is 0 Å². The summed E-state index contributed by atoms with van der Waals surface area (Å²) in [4.78, 5) is 44.8. The number of para-hydroxylation sites is 1. The summed E-state index contributed by atoms with van der Waals surface area (Å²) in [5.41, 5.74) is 0.180. The van der Waals surface area contributed by atoms with Gasteiger partial charge in [-0.1, -0.05) is 12.1 Å².